The molecule has 0 spiro atoms. The highest BCUT2D eigenvalue weighted by Crippen LogP contribution is 2.69. The zero-order valence-corrected chi connectivity index (χ0v) is 18.3. The van der Waals surface area contributed by atoms with E-state index >= 15 is 0 Å². The van der Waals surface area contributed by atoms with Crippen molar-refractivity contribution < 1.29 is 4.74 Å². The summed E-state index contributed by atoms with van der Waals surface area (Å²) in [6, 6.07) is 0. The maximum Gasteiger partial charge on any atom is 0.150 e. The summed E-state index contributed by atoms with van der Waals surface area (Å²) in [7, 11) is 1.79. The van der Waals surface area contributed by atoms with Gasteiger partial charge < -0.3 is 4.74 Å². The van der Waals surface area contributed by atoms with Gasteiger partial charge in [-0.2, -0.15) is 0 Å². The maximum absolute atomic E-state index is 5.27. The second kappa shape index (κ2) is 6.31. The van der Waals surface area contributed by atoms with Gasteiger partial charge >= 0.3 is 0 Å². The fourth-order valence-electron chi connectivity index (χ4n) is 8.49. The average Bonchev–Trinajstić information content (AvgIpc) is 2.59. The zero-order chi connectivity index (χ0) is 18.9. The molecule has 6 aliphatic rings. The van der Waals surface area contributed by atoms with Gasteiger partial charge in [0.1, 0.15) is 0 Å². The Morgan fingerprint density at radius 2 is 1.31 bits per heavy atom. The highest BCUT2D eigenvalue weighted by atomic mass is 16.5. The largest absolute Gasteiger partial charge is 0.505 e. The fourth-order valence-corrected chi connectivity index (χ4v) is 8.49. The Bertz CT molecular complexity index is 523. The van der Waals surface area contributed by atoms with Gasteiger partial charge in [0.2, 0.25) is 0 Å². The molecule has 2 heteroatoms. The molecule has 0 N–H and O–H groups in total. The van der Waals surface area contributed by atoms with E-state index in [1.807, 2.05) is 6.26 Å². The van der Waals surface area contributed by atoms with Crippen LogP contribution >= 0.6 is 0 Å². The molecule has 4 bridgehead atoms. The van der Waals surface area contributed by atoms with Crippen LogP contribution in [0.15, 0.2) is 12.3 Å². The second-order valence-electron chi connectivity index (χ2n) is 11.7. The van der Waals surface area contributed by atoms with E-state index in [2.05, 4.69) is 47.6 Å². The van der Waals surface area contributed by atoms with Crippen LogP contribution in [0.25, 0.3) is 0 Å². The Morgan fingerprint density at radius 3 is 1.65 bits per heavy atom. The lowest BCUT2D eigenvalue weighted by Gasteiger charge is -2.66. The van der Waals surface area contributed by atoms with Gasteiger partial charge in [-0.05, 0) is 59.2 Å². The Balaban J connectivity index is 1.55. The predicted molar refractivity (Wildman–Crippen MR) is 113 cm³/mol. The van der Waals surface area contributed by atoms with Crippen molar-refractivity contribution in [3.05, 3.63) is 12.3 Å². The van der Waals surface area contributed by atoms with Crippen LogP contribution in [0.5, 0.6) is 0 Å². The minimum atomic E-state index is 0.602. The van der Waals surface area contributed by atoms with Gasteiger partial charge in [-0.15, -0.1) is 0 Å². The molecule has 6 fully saturated rings. The third-order valence-electron chi connectivity index (χ3n) is 10.6. The van der Waals surface area contributed by atoms with Gasteiger partial charge in [0.25, 0.3) is 0 Å². The SMILES string of the molecule is CO/C=C\CB([C@@H]1C[C@@H]2C[C@@H]([C@H]1C)C2(C)C)[C@@H]1C[C@@H]2C[C@@H]([C@H]1C)C2(C)C. The molecule has 1 nitrogen and oxygen atoms in total. The van der Waals surface area contributed by atoms with Crippen molar-refractivity contribution in [3.8, 4) is 0 Å². The smallest absolute Gasteiger partial charge is 0.150 e. The molecule has 0 aromatic heterocycles. The standard InChI is InChI=1S/C24H41BO/c1-15-19-11-17(23(19,3)4)13-21(15)25(9-8-10-26-7)22-14-18-12-20(16(22)2)24(18,5)6/h8,10,15-22H,9,11-14H2,1-7H3/b10-8-/t15-,16-,17+,18+,19+,20+,21-,22-/m1/s1. The van der Waals surface area contributed by atoms with Gasteiger partial charge in [-0.3, -0.25) is 0 Å². The van der Waals surface area contributed by atoms with Gasteiger partial charge in [-0.1, -0.05) is 78.4 Å². The quantitative estimate of drug-likeness (QED) is 0.389. The molecule has 146 valence electrons. The first kappa shape index (κ1) is 18.9. The summed E-state index contributed by atoms with van der Waals surface area (Å²) in [5.41, 5.74) is 1.20. The van der Waals surface area contributed by atoms with Crippen molar-refractivity contribution in [2.24, 2.45) is 46.3 Å². The third kappa shape index (κ3) is 2.56. The minimum Gasteiger partial charge on any atom is -0.505 e. The number of ether oxygens (including phenoxy) is 1. The molecular formula is C24H41BO. The summed E-state index contributed by atoms with van der Waals surface area (Å²) in [6.45, 7) is 16.2. The van der Waals surface area contributed by atoms with E-state index in [4.69, 9.17) is 4.74 Å². The topological polar surface area (TPSA) is 9.23 Å². The van der Waals surface area contributed by atoms with Gasteiger partial charge in [-0.25, -0.2) is 0 Å². The first-order chi connectivity index (χ1) is 12.2. The summed E-state index contributed by atoms with van der Waals surface area (Å²) < 4.78 is 5.27. The monoisotopic (exact) mass is 356 g/mol. The number of hydrogen-bond acceptors (Lipinski definition) is 1. The normalized spacial score (nSPS) is 47.8. The van der Waals surface area contributed by atoms with Crippen LogP contribution in [0.2, 0.25) is 18.0 Å². The van der Waals surface area contributed by atoms with E-state index in [0.717, 1.165) is 53.9 Å². The summed E-state index contributed by atoms with van der Waals surface area (Å²) >= 11 is 0. The van der Waals surface area contributed by atoms with Crippen molar-refractivity contribution >= 4 is 6.71 Å². The van der Waals surface area contributed by atoms with Gasteiger partial charge in [0.15, 0.2) is 6.71 Å². The van der Waals surface area contributed by atoms with Crippen molar-refractivity contribution in [3.63, 3.8) is 0 Å². The van der Waals surface area contributed by atoms with Crippen molar-refractivity contribution in [2.75, 3.05) is 7.11 Å². The van der Waals surface area contributed by atoms with Crippen LogP contribution in [0.4, 0.5) is 0 Å². The zero-order valence-electron chi connectivity index (χ0n) is 18.3. The van der Waals surface area contributed by atoms with Crippen LogP contribution in [0.1, 0.15) is 67.2 Å². The number of hydrogen-bond donors (Lipinski definition) is 0. The first-order valence-electron chi connectivity index (χ1n) is 11.4. The number of rotatable bonds is 5. The molecule has 0 heterocycles. The Kier molecular flexibility index (Phi) is 4.60. The van der Waals surface area contributed by atoms with Gasteiger partial charge in [0.05, 0.1) is 13.4 Å². The summed E-state index contributed by atoms with van der Waals surface area (Å²) in [5.74, 6) is 7.54. The number of methoxy groups -OCH3 is 1. The number of fused-ring (bicyclic) bond motifs is 4. The summed E-state index contributed by atoms with van der Waals surface area (Å²) in [4.78, 5) is 0. The van der Waals surface area contributed by atoms with E-state index in [0.29, 0.717) is 10.8 Å². The molecule has 6 saturated carbocycles. The van der Waals surface area contributed by atoms with E-state index in [-0.39, 0.29) is 0 Å². The molecule has 6 aliphatic carbocycles. The van der Waals surface area contributed by atoms with Crippen molar-refractivity contribution in [2.45, 2.75) is 85.2 Å². The molecule has 0 aliphatic heterocycles. The molecule has 0 unspecified atom stereocenters. The minimum absolute atomic E-state index is 0.602. The summed E-state index contributed by atoms with van der Waals surface area (Å²) in [6.07, 6.45) is 11.5. The lowest BCUT2D eigenvalue weighted by atomic mass is 9.20. The van der Waals surface area contributed by atoms with Crippen LogP contribution in [0.3, 0.4) is 0 Å². The van der Waals surface area contributed by atoms with Crippen LogP contribution in [-0.4, -0.2) is 13.8 Å². The van der Waals surface area contributed by atoms with Crippen LogP contribution in [-0.2, 0) is 4.74 Å². The van der Waals surface area contributed by atoms with Crippen molar-refractivity contribution in [1.82, 2.24) is 0 Å². The van der Waals surface area contributed by atoms with Crippen LogP contribution < -0.4 is 0 Å². The Labute approximate surface area is 162 Å². The Hall–Kier alpha value is -0.395. The number of allylic oxidation sites excluding steroid dienone is 1. The highest BCUT2D eigenvalue weighted by molar-refractivity contribution is 6.62. The molecule has 0 aromatic rings. The maximum atomic E-state index is 5.27. The second-order valence-corrected chi connectivity index (χ2v) is 11.7. The van der Waals surface area contributed by atoms with Crippen LogP contribution in [0, 0.1) is 46.3 Å². The van der Waals surface area contributed by atoms with E-state index in [1.54, 1.807) is 7.11 Å². The molecule has 0 aromatic carbocycles. The molecule has 0 amide bonds. The molecular weight excluding hydrogens is 315 g/mol. The van der Waals surface area contributed by atoms with Gasteiger partial charge in [0, 0.05) is 0 Å². The molecule has 26 heavy (non-hydrogen) atoms. The molecule has 0 radical (unpaired) electrons. The van der Waals surface area contributed by atoms with E-state index in [9.17, 15) is 0 Å². The fraction of sp³-hybridized carbons (Fsp3) is 0.917. The van der Waals surface area contributed by atoms with E-state index in [1.165, 1.54) is 32.0 Å². The van der Waals surface area contributed by atoms with Crippen molar-refractivity contribution in [1.29, 1.82) is 0 Å². The lowest BCUT2D eigenvalue weighted by Crippen LogP contribution is -2.59. The average molecular weight is 356 g/mol. The molecule has 6 rings (SSSR count). The highest BCUT2D eigenvalue weighted by Gasteiger charge is 2.61. The lowest BCUT2D eigenvalue weighted by molar-refractivity contribution is -0.107. The van der Waals surface area contributed by atoms with E-state index < -0.39 is 0 Å². The Morgan fingerprint density at radius 1 is 0.846 bits per heavy atom. The predicted octanol–water partition coefficient (Wildman–Crippen LogP) is 6.79. The molecule has 0 saturated heterocycles. The summed E-state index contributed by atoms with van der Waals surface area (Å²) in [5, 5.41) is 0. The molecule has 8 atom stereocenters. The first-order valence-corrected chi connectivity index (χ1v) is 11.4. The third-order valence-corrected chi connectivity index (χ3v) is 10.6.